The molecule has 0 aliphatic carbocycles. The smallest absolute Gasteiger partial charge is 0.325 e. The van der Waals surface area contributed by atoms with E-state index in [4.69, 9.17) is 4.74 Å². The number of benzene rings is 2. The van der Waals surface area contributed by atoms with Gasteiger partial charge < -0.3 is 15.0 Å². The number of hydrogen-bond donors (Lipinski definition) is 1. The summed E-state index contributed by atoms with van der Waals surface area (Å²) in [5.74, 6) is -0.0598. The van der Waals surface area contributed by atoms with Crippen molar-refractivity contribution in [3.05, 3.63) is 64.7 Å². The summed E-state index contributed by atoms with van der Waals surface area (Å²) in [4.78, 5) is 41.3. The zero-order chi connectivity index (χ0) is 22.8. The fourth-order valence-corrected chi connectivity index (χ4v) is 3.91. The number of ether oxygens (including phenoxy) is 1. The second kappa shape index (κ2) is 8.79. The minimum atomic E-state index is -1.18. The molecule has 164 valence electrons. The van der Waals surface area contributed by atoms with E-state index in [0.717, 1.165) is 21.6 Å². The number of nitrogens with zero attached hydrogens (tertiary/aromatic N) is 2. The van der Waals surface area contributed by atoms with Crippen LogP contribution in [0.1, 0.15) is 35.6 Å². The van der Waals surface area contributed by atoms with Gasteiger partial charge in [0.1, 0.15) is 17.8 Å². The van der Waals surface area contributed by atoms with Crippen LogP contribution in [0.25, 0.3) is 0 Å². The van der Waals surface area contributed by atoms with E-state index in [2.05, 4.69) is 11.4 Å². The number of imide groups is 1. The molecule has 1 aliphatic heterocycles. The van der Waals surface area contributed by atoms with Gasteiger partial charge >= 0.3 is 6.03 Å². The fraction of sp³-hybridized carbons (Fsp3) is 0.375. The van der Waals surface area contributed by atoms with Crippen molar-refractivity contribution in [1.29, 1.82) is 0 Å². The Bertz CT molecular complexity index is 1000. The van der Waals surface area contributed by atoms with Crippen LogP contribution in [-0.2, 0) is 21.7 Å². The molecule has 3 rings (SSSR count). The maximum Gasteiger partial charge on any atom is 0.325 e. The van der Waals surface area contributed by atoms with Gasteiger partial charge in [-0.3, -0.25) is 14.5 Å². The molecule has 0 aromatic heterocycles. The predicted molar refractivity (Wildman–Crippen MR) is 118 cm³/mol. The average molecular weight is 424 g/mol. The number of carbonyl (C=O) groups excluding carboxylic acids is 3. The first-order chi connectivity index (χ1) is 14.7. The average Bonchev–Trinajstić information content (AvgIpc) is 3.00. The van der Waals surface area contributed by atoms with Crippen molar-refractivity contribution in [2.24, 2.45) is 0 Å². The number of hydrogen-bond acceptors (Lipinski definition) is 4. The Morgan fingerprint density at radius 3 is 2.39 bits per heavy atom. The first kappa shape index (κ1) is 22.3. The summed E-state index contributed by atoms with van der Waals surface area (Å²) in [7, 11) is 3.24. The van der Waals surface area contributed by atoms with E-state index < -0.39 is 17.5 Å². The zero-order valence-electron chi connectivity index (χ0n) is 18.7. The minimum absolute atomic E-state index is 0.301. The molecular weight excluding hydrogens is 394 g/mol. The van der Waals surface area contributed by atoms with Crippen LogP contribution in [0.15, 0.2) is 42.5 Å². The summed E-state index contributed by atoms with van der Waals surface area (Å²) < 4.78 is 5.18. The lowest BCUT2D eigenvalue weighted by atomic mass is 9.87. The topological polar surface area (TPSA) is 79.0 Å². The first-order valence-corrected chi connectivity index (χ1v) is 10.3. The largest absolute Gasteiger partial charge is 0.497 e. The van der Waals surface area contributed by atoms with Gasteiger partial charge in [-0.1, -0.05) is 42.8 Å². The molecule has 1 N–H and O–H groups in total. The molecule has 1 atom stereocenters. The number of rotatable bonds is 7. The van der Waals surface area contributed by atoms with Gasteiger partial charge in [0.05, 0.1) is 7.11 Å². The summed E-state index contributed by atoms with van der Waals surface area (Å²) in [6.45, 7) is 5.96. The fourth-order valence-electron chi connectivity index (χ4n) is 3.91. The molecule has 1 saturated heterocycles. The van der Waals surface area contributed by atoms with Crippen LogP contribution in [0, 0.1) is 13.8 Å². The third-order valence-corrected chi connectivity index (χ3v) is 5.91. The summed E-state index contributed by atoms with van der Waals surface area (Å²) >= 11 is 0. The lowest BCUT2D eigenvalue weighted by Crippen LogP contribution is -2.45. The van der Waals surface area contributed by atoms with Crippen LogP contribution in [0.2, 0.25) is 0 Å². The zero-order valence-corrected chi connectivity index (χ0v) is 18.7. The molecular formula is C24H29N3O4. The quantitative estimate of drug-likeness (QED) is 0.694. The summed E-state index contributed by atoms with van der Waals surface area (Å²) in [6, 6.07) is 12.5. The minimum Gasteiger partial charge on any atom is -0.497 e. The number of aryl methyl sites for hydroxylation is 2. The molecule has 0 unspecified atom stereocenters. The van der Waals surface area contributed by atoms with Crippen LogP contribution >= 0.6 is 0 Å². The number of carbonyl (C=O) groups is 3. The van der Waals surface area contributed by atoms with Gasteiger partial charge in [0.25, 0.3) is 5.91 Å². The molecule has 1 fully saturated rings. The molecule has 1 aliphatic rings. The monoisotopic (exact) mass is 423 g/mol. The number of urea groups is 1. The Morgan fingerprint density at radius 2 is 1.81 bits per heavy atom. The number of nitrogens with one attached hydrogen (secondary N) is 1. The van der Waals surface area contributed by atoms with E-state index in [-0.39, 0.29) is 12.5 Å². The highest BCUT2D eigenvalue weighted by molar-refractivity contribution is 6.09. The van der Waals surface area contributed by atoms with Crippen molar-refractivity contribution >= 4 is 17.8 Å². The normalized spacial score (nSPS) is 18.2. The molecule has 0 saturated carbocycles. The Labute approximate surface area is 183 Å². The molecule has 31 heavy (non-hydrogen) atoms. The molecule has 7 nitrogen and oxygen atoms in total. The molecule has 0 spiro atoms. The van der Waals surface area contributed by atoms with Crippen LogP contribution in [-0.4, -0.2) is 48.3 Å². The second-order valence-electron chi connectivity index (χ2n) is 7.99. The molecule has 0 radical (unpaired) electrons. The van der Waals surface area contributed by atoms with Crippen molar-refractivity contribution in [3.63, 3.8) is 0 Å². The van der Waals surface area contributed by atoms with Gasteiger partial charge in [-0.2, -0.15) is 0 Å². The highest BCUT2D eigenvalue weighted by atomic mass is 16.5. The van der Waals surface area contributed by atoms with Crippen LogP contribution in [0.3, 0.4) is 0 Å². The summed E-state index contributed by atoms with van der Waals surface area (Å²) in [5, 5.41) is 2.81. The van der Waals surface area contributed by atoms with Gasteiger partial charge in [0.15, 0.2) is 0 Å². The van der Waals surface area contributed by atoms with Crippen LogP contribution in [0.5, 0.6) is 5.75 Å². The van der Waals surface area contributed by atoms with Crippen molar-refractivity contribution in [1.82, 2.24) is 15.1 Å². The van der Waals surface area contributed by atoms with Crippen molar-refractivity contribution in [2.45, 2.75) is 39.3 Å². The Hall–Kier alpha value is -3.35. The van der Waals surface area contributed by atoms with Gasteiger partial charge in [0.2, 0.25) is 5.91 Å². The van der Waals surface area contributed by atoms with E-state index in [9.17, 15) is 14.4 Å². The maximum absolute atomic E-state index is 13.3. The van der Waals surface area contributed by atoms with Gasteiger partial charge in [-0.15, -0.1) is 0 Å². The van der Waals surface area contributed by atoms with Gasteiger partial charge in [-0.25, -0.2) is 4.79 Å². The summed E-state index contributed by atoms with van der Waals surface area (Å²) in [6.07, 6.45) is 0.368. The van der Waals surface area contributed by atoms with Crippen LogP contribution < -0.4 is 10.1 Å². The Kier molecular flexibility index (Phi) is 6.34. The van der Waals surface area contributed by atoms with Gasteiger partial charge in [-0.05, 0) is 49.1 Å². The first-order valence-electron chi connectivity index (χ1n) is 10.3. The number of amides is 4. The predicted octanol–water partition coefficient (Wildman–Crippen LogP) is 3.13. The SMILES string of the molecule is CC[C@]1(c2ccc(OC)cc2)NC(=O)N(CC(=O)N(C)Cc2ccc(C)cc2C)C1=O. The second-order valence-corrected chi connectivity index (χ2v) is 7.99. The molecule has 2 aromatic carbocycles. The van der Waals surface area contributed by atoms with E-state index >= 15 is 0 Å². The van der Waals surface area contributed by atoms with E-state index in [1.165, 1.54) is 4.90 Å². The third kappa shape index (κ3) is 4.26. The lowest BCUT2D eigenvalue weighted by molar-refractivity contribution is -0.138. The molecule has 4 amide bonds. The molecule has 0 bridgehead atoms. The van der Waals surface area contributed by atoms with Crippen molar-refractivity contribution in [3.8, 4) is 5.75 Å². The highest BCUT2D eigenvalue weighted by Crippen LogP contribution is 2.33. The Balaban J connectivity index is 1.75. The maximum atomic E-state index is 13.3. The van der Waals surface area contributed by atoms with Crippen LogP contribution in [0.4, 0.5) is 4.79 Å². The standard InChI is InChI=1S/C24H29N3O4/c1-6-24(19-9-11-20(31-5)12-10-19)22(29)27(23(30)25-24)15-21(28)26(4)14-18-8-7-16(2)13-17(18)3/h7-13H,6,14-15H2,1-5H3,(H,25,30)/t24-/m1/s1. The van der Waals surface area contributed by atoms with E-state index in [1.807, 2.05) is 32.9 Å². The number of likely N-dealkylation sites (N-methyl/N-ethyl adjacent to an activating group) is 1. The van der Waals surface area contributed by atoms with Crippen molar-refractivity contribution in [2.75, 3.05) is 20.7 Å². The lowest BCUT2D eigenvalue weighted by Gasteiger charge is -2.26. The van der Waals surface area contributed by atoms with Crippen molar-refractivity contribution < 1.29 is 19.1 Å². The Morgan fingerprint density at radius 1 is 1.13 bits per heavy atom. The molecule has 2 aromatic rings. The third-order valence-electron chi connectivity index (χ3n) is 5.91. The molecule has 7 heteroatoms. The van der Waals surface area contributed by atoms with E-state index in [1.54, 1.807) is 38.4 Å². The summed E-state index contributed by atoms with van der Waals surface area (Å²) in [5.41, 5.74) is 2.76. The van der Waals surface area contributed by atoms with E-state index in [0.29, 0.717) is 24.3 Å². The number of methoxy groups -OCH3 is 1. The van der Waals surface area contributed by atoms with Gasteiger partial charge in [0, 0.05) is 13.6 Å². The molecule has 1 heterocycles. The highest BCUT2D eigenvalue weighted by Gasteiger charge is 2.51.